The van der Waals surface area contributed by atoms with Crippen molar-refractivity contribution >= 4 is 17.7 Å². The molecule has 0 aromatic heterocycles. The molecule has 0 amide bonds. The molecule has 5 heteroatoms. The van der Waals surface area contributed by atoms with Gasteiger partial charge in [0.25, 0.3) is 0 Å². The molecular formula is C24H32O5. The van der Waals surface area contributed by atoms with E-state index in [4.69, 9.17) is 9.59 Å². The van der Waals surface area contributed by atoms with Crippen molar-refractivity contribution in [1.29, 1.82) is 0 Å². The van der Waals surface area contributed by atoms with Gasteiger partial charge in [-0.05, 0) is 43.1 Å². The van der Waals surface area contributed by atoms with Crippen molar-refractivity contribution in [3.05, 3.63) is 36.5 Å². The predicted molar refractivity (Wildman–Crippen MR) is 109 cm³/mol. The van der Waals surface area contributed by atoms with E-state index >= 15 is 0 Å². The second-order valence-electron chi connectivity index (χ2n) is 8.86. The summed E-state index contributed by atoms with van der Waals surface area (Å²) in [6, 6.07) is 0. The van der Waals surface area contributed by atoms with Crippen molar-refractivity contribution in [3.8, 4) is 0 Å². The van der Waals surface area contributed by atoms with Gasteiger partial charge in [-0.1, -0.05) is 57.6 Å². The Bertz CT molecular complexity index is 742. The number of fused-ring (bicyclic) bond motifs is 2. The van der Waals surface area contributed by atoms with E-state index < -0.39 is 5.60 Å². The first-order chi connectivity index (χ1) is 13.7. The maximum Gasteiger partial charge on any atom is 0.373 e. The van der Waals surface area contributed by atoms with Crippen LogP contribution in [0.25, 0.3) is 0 Å². The summed E-state index contributed by atoms with van der Waals surface area (Å²) >= 11 is 0. The van der Waals surface area contributed by atoms with Crippen LogP contribution in [0.2, 0.25) is 0 Å². The van der Waals surface area contributed by atoms with Gasteiger partial charge in [0, 0.05) is 24.2 Å². The van der Waals surface area contributed by atoms with Crippen molar-refractivity contribution < 1.29 is 24.3 Å². The molecule has 1 N–H and O–H groups in total. The van der Waals surface area contributed by atoms with Gasteiger partial charge in [0.1, 0.15) is 5.60 Å². The number of allylic oxidation sites excluding steroid dienone is 5. The molecule has 6 atom stereocenters. The predicted octanol–water partition coefficient (Wildman–Crippen LogP) is 3.83. The van der Waals surface area contributed by atoms with Crippen molar-refractivity contribution in [1.82, 2.24) is 0 Å². The van der Waals surface area contributed by atoms with Crippen LogP contribution in [-0.4, -0.2) is 28.4 Å². The zero-order chi connectivity index (χ0) is 21.7. The van der Waals surface area contributed by atoms with E-state index in [0.717, 1.165) is 25.7 Å². The van der Waals surface area contributed by atoms with E-state index in [1.54, 1.807) is 6.08 Å². The van der Waals surface area contributed by atoms with Gasteiger partial charge in [0.05, 0.1) is 0 Å². The lowest BCUT2D eigenvalue weighted by Crippen LogP contribution is -2.42. The molecule has 1 fully saturated rings. The third-order valence-corrected chi connectivity index (χ3v) is 7.35. The van der Waals surface area contributed by atoms with Crippen molar-refractivity contribution in [2.75, 3.05) is 0 Å². The van der Waals surface area contributed by atoms with Crippen molar-refractivity contribution in [2.45, 2.75) is 64.9 Å². The average Bonchev–Trinajstić information content (AvgIpc) is 3.16. The fourth-order valence-corrected chi connectivity index (χ4v) is 5.09. The molecule has 4 aliphatic rings. The van der Waals surface area contributed by atoms with Gasteiger partial charge in [0.15, 0.2) is 11.6 Å². The Morgan fingerprint density at radius 3 is 2.38 bits per heavy atom. The lowest BCUT2D eigenvalue weighted by atomic mass is 9.71. The minimum atomic E-state index is -1.02. The summed E-state index contributed by atoms with van der Waals surface area (Å²) in [5.41, 5.74) is -1.11. The molecule has 0 aliphatic heterocycles. The highest BCUT2D eigenvalue weighted by molar-refractivity contribution is 5.97. The molecule has 0 radical (unpaired) electrons. The monoisotopic (exact) mass is 400 g/mol. The van der Waals surface area contributed by atoms with Crippen LogP contribution in [0, 0.1) is 29.1 Å². The molecule has 4 rings (SSSR count). The van der Waals surface area contributed by atoms with Crippen LogP contribution in [0.1, 0.15) is 59.3 Å². The van der Waals surface area contributed by atoms with Gasteiger partial charge in [-0.25, -0.2) is 0 Å². The Hall–Kier alpha value is -2.10. The maximum atomic E-state index is 11.9. The molecule has 5 nitrogen and oxygen atoms in total. The molecular weight excluding hydrogens is 368 g/mol. The first kappa shape index (κ1) is 23.2. The number of ketones is 2. The molecule has 0 bridgehead atoms. The molecule has 158 valence electrons. The van der Waals surface area contributed by atoms with E-state index in [9.17, 15) is 14.7 Å². The van der Waals surface area contributed by atoms with Crippen LogP contribution < -0.4 is 0 Å². The number of Topliss-reactive ketones (excluding diaryl/α,β-unsaturated/α-hetero) is 1. The Morgan fingerprint density at radius 2 is 1.76 bits per heavy atom. The van der Waals surface area contributed by atoms with Crippen LogP contribution >= 0.6 is 0 Å². The summed E-state index contributed by atoms with van der Waals surface area (Å²) in [6.45, 7) is 6.43. The third kappa shape index (κ3) is 4.57. The average molecular weight is 401 g/mol. The molecule has 0 heterocycles. The largest absolute Gasteiger partial charge is 0.381 e. The molecule has 0 spiro atoms. The molecule has 0 aromatic carbocycles. The lowest BCUT2D eigenvalue weighted by Gasteiger charge is -2.34. The summed E-state index contributed by atoms with van der Waals surface area (Å²) < 4.78 is 0. The van der Waals surface area contributed by atoms with E-state index in [2.05, 4.69) is 45.1 Å². The topological polar surface area (TPSA) is 88.5 Å². The molecule has 0 saturated heterocycles. The SMILES string of the molecule is CCC(C)[C@@H]1CC(=O)[C@@]2(O)CC=CC[C@H]12.C[C@]12CC=CC[C@@H]1C=CC2=O.O=C=O. The molecule has 1 saturated carbocycles. The second-order valence-corrected chi connectivity index (χ2v) is 8.86. The Morgan fingerprint density at radius 1 is 1.14 bits per heavy atom. The Labute approximate surface area is 172 Å². The summed E-state index contributed by atoms with van der Waals surface area (Å²) in [5, 5.41) is 10.4. The summed E-state index contributed by atoms with van der Waals surface area (Å²) in [5.74, 6) is 1.95. The first-order valence-electron chi connectivity index (χ1n) is 10.5. The Balaban J connectivity index is 0.000000189. The van der Waals surface area contributed by atoms with E-state index in [1.807, 2.05) is 6.08 Å². The number of carbonyl (C=O) groups is 2. The summed E-state index contributed by atoms with van der Waals surface area (Å²) in [7, 11) is 0. The van der Waals surface area contributed by atoms with Crippen molar-refractivity contribution in [3.63, 3.8) is 0 Å². The van der Waals surface area contributed by atoms with E-state index in [-0.39, 0.29) is 23.3 Å². The maximum absolute atomic E-state index is 11.9. The number of carbonyl (C=O) groups excluding carboxylic acids is 4. The van der Waals surface area contributed by atoms with E-state index in [0.29, 0.717) is 36.4 Å². The van der Waals surface area contributed by atoms with Crippen LogP contribution in [-0.2, 0) is 19.2 Å². The number of hydrogen-bond donors (Lipinski definition) is 1. The zero-order valence-electron chi connectivity index (χ0n) is 17.6. The fraction of sp³-hybridized carbons (Fsp3) is 0.625. The van der Waals surface area contributed by atoms with Gasteiger partial charge < -0.3 is 5.11 Å². The van der Waals surface area contributed by atoms with Crippen LogP contribution in [0.15, 0.2) is 36.5 Å². The van der Waals surface area contributed by atoms with Crippen LogP contribution in [0.4, 0.5) is 0 Å². The summed E-state index contributed by atoms with van der Waals surface area (Å²) in [6.07, 6.45) is 17.5. The third-order valence-electron chi connectivity index (χ3n) is 7.35. The standard InChI is InChI=1S/C13H20O2.C10H12O.CO2/c1-3-9(2)10-8-12(14)13(15)7-5-4-6-11(10)13;1-10-7-3-2-4-8(10)5-6-9(10)11;2-1-3/h4-5,9-11,15H,3,6-8H2,1-2H3;2-3,5-6,8H,4,7H2,1H3;/t9?,10-,11+,13+;8-,10+;/m01./s1. The normalized spacial score (nSPS) is 37.4. The second kappa shape index (κ2) is 9.60. The molecule has 29 heavy (non-hydrogen) atoms. The molecule has 1 unspecified atom stereocenters. The minimum Gasteiger partial charge on any atom is -0.381 e. The highest BCUT2D eigenvalue weighted by atomic mass is 16.3. The first-order valence-corrected chi connectivity index (χ1v) is 10.5. The highest BCUT2D eigenvalue weighted by Crippen LogP contribution is 2.48. The lowest BCUT2D eigenvalue weighted by molar-refractivity contribution is -0.191. The minimum absolute atomic E-state index is 0.0714. The van der Waals surface area contributed by atoms with Gasteiger partial charge in [0.2, 0.25) is 0 Å². The smallest absolute Gasteiger partial charge is 0.373 e. The zero-order valence-corrected chi connectivity index (χ0v) is 17.6. The quantitative estimate of drug-likeness (QED) is 0.712. The summed E-state index contributed by atoms with van der Waals surface area (Å²) in [4.78, 5) is 39.5. The van der Waals surface area contributed by atoms with Crippen LogP contribution in [0.3, 0.4) is 0 Å². The van der Waals surface area contributed by atoms with E-state index in [1.165, 1.54) is 0 Å². The fourth-order valence-electron chi connectivity index (χ4n) is 5.09. The molecule has 4 aliphatic carbocycles. The van der Waals surface area contributed by atoms with Gasteiger partial charge in [-0.15, -0.1) is 0 Å². The van der Waals surface area contributed by atoms with Gasteiger partial charge in [-0.2, -0.15) is 9.59 Å². The highest BCUT2D eigenvalue weighted by Gasteiger charge is 2.54. The van der Waals surface area contributed by atoms with Gasteiger partial charge in [-0.3, -0.25) is 9.59 Å². The molecule has 0 aromatic rings. The van der Waals surface area contributed by atoms with Crippen molar-refractivity contribution in [2.24, 2.45) is 29.1 Å². The number of hydrogen-bond acceptors (Lipinski definition) is 5. The Kier molecular flexibility index (Phi) is 7.67. The van der Waals surface area contributed by atoms with Crippen LogP contribution in [0.5, 0.6) is 0 Å². The number of aliphatic hydroxyl groups is 1. The van der Waals surface area contributed by atoms with Gasteiger partial charge >= 0.3 is 6.15 Å². The number of rotatable bonds is 2.